The average molecular weight is 278 g/mol. The number of hydrogen-bond acceptors (Lipinski definition) is 6. The molecule has 0 saturated carbocycles. The van der Waals surface area contributed by atoms with Gasteiger partial charge in [0, 0.05) is 7.11 Å². The molecule has 0 fully saturated rings. The minimum Gasteiger partial charge on any atom is -0.480 e. The van der Waals surface area contributed by atoms with Gasteiger partial charge < -0.3 is 9.84 Å². The molecule has 0 aliphatic carbocycles. The highest BCUT2D eigenvalue weighted by atomic mass is 32.2. The molecule has 0 saturated heterocycles. The molecule has 0 amide bonds. The Kier molecular flexibility index (Phi) is 5.19. The number of sulfonamides is 1. The van der Waals surface area contributed by atoms with Gasteiger partial charge in [0.2, 0.25) is 10.0 Å². The molecule has 0 atom stereocenters. The Hall–Kier alpha value is -1.52. The van der Waals surface area contributed by atoms with Gasteiger partial charge in [-0.05, 0) is 0 Å². The minimum absolute atomic E-state index is 0.0360. The zero-order valence-electron chi connectivity index (χ0n) is 9.74. The van der Waals surface area contributed by atoms with Gasteiger partial charge in [-0.25, -0.2) is 17.8 Å². The molecule has 1 heterocycles. The molecule has 0 bridgehead atoms. The van der Waals surface area contributed by atoms with E-state index in [1.807, 2.05) is 0 Å². The maximum Gasteiger partial charge on any atom is 0.325 e. The van der Waals surface area contributed by atoms with Crippen molar-refractivity contribution < 1.29 is 23.1 Å². The summed E-state index contributed by atoms with van der Waals surface area (Å²) < 4.78 is 30.9. The summed E-state index contributed by atoms with van der Waals surface area (Å²) in [5.74, 6) is -1.20. The number of carboxylic acid groups (broad SMARTS) is 1. The lowest BCUT2D eigenvalue weighted by atomic mass is 10.5. The number of methoxy groups -OCH3 is 1. The Morgan fingerprint density at radius 3 is 2.94 bits per heavy atom. The van der Waals surface area contributed by atoms with E-state index in [1.165, 1.54) is 13.3 Å². The van der Waals surface area contributed by atoms with Crippen molar-refractivity contribution in [2.45, 2.75) is 13.1 Å². The fourth-order valence-corrected chi connectivity index (χ4v) is 1.98. The van der Waals surface area contributed by atoms with E-state index in [4.69, 9.17) is 5.11 Å². The number of aliphatic carboxylic acids is 1. The Balaban J connectivity index is 2.48. The summed E-state index contributed by atoms with van der Waals surface area (Å²) in [6.45, 7) is -0.254. The molecule has 18 heavy (non-hydrogen) atoms. The number of aromatic nitrogens is 3. The quantitative estimate of drug-likeness (QED) is 0.588. The van der Waals surface area contributed by atoms with Crippen molar-refractivity contribution in [3.8, 4) is 0 Å². The lowest BCUT2D eigenvalue weighted by molar-refractivity contribution is -0.137. The zero-order valence-corrected chi connectivity index (χ0v) is 10.6. The van der Waals surface area contributed by atoms with Gasteiger partial charge in [0.1, 0.15) is 6.54 Å². The third-order valence-electron chi connectivity index (χ3n) is 1.91. The molecule has 0 aliphatic rings. The van der Waals surface area contributed by atoms with Crippen LogP contribution in [0, 0.1) is 0 Å². The number of carboxylic acids is 1. The fraction of sp³-hybridized carbons (Fsp3) is 0.625. The highest BCUT2D eigenvalue weighted by molar-refractivity contribution is 7.89. The number of ether oxygens (including phenoxy) is 1. The third-order valence-corrected chi connectivity index (χ3v) is 3.20. The molecule has 1 aromatic heterocycles. The van der Waals surface area contributed by atoms with Gasteiger partial charge in [-0.15, -0.1) is 5.10 Å². The van der Waals surface area contributed by atoms with E-state index in [2.05, 4.69) is 19.8 Å². The Morgan fingerprint density at radius 1 is 1.61 bits per heavy atom. The van der Waals surface area contributed by atoms with Gasteiger partial charge in [0.25, 0.3) is 0 Å². The van der Waals surface area contributed by atoms with Crippen LogP contribution in [0.25, 0.3) is 0 Å². The second kappa shape index (κ2) is 6.42. The van der Waals surface area contributed by atoms with E-state index < -0.39 is 16.0 Å². The van der Waals surface area contributed by atoms with Crippen LogP contribution in [0.1, 0.15) is 5.69 Å². The average Bonchev–Trinajstić information content (AvgIpc) is 2.71. The van der Waals surface area contributed by atoms with Crippen molar-refractivity contribution in [2.24, 2.45) is 0 Å². The van der Waals surface area contributed by atoms with Crippen LogP contribution in [0.15, 0.2) is 6.20 Å². The van der Waals surface area contributed by atoms with Crippen molar-refractivity contribution >= 4 is 16.0 Å². The minimum atomic E-state index is -3.42. The maximum absolute atomic E-state index is 11.4. The molecule has 1 aromatic rings. The van der Waals surface area contributed by atoms with Crippen molar-refractivity contribution in [3.63, 3.8) is 0 Å². The smallest absolute Gasteiger partial charge is 0.325 e. The van der Waals surface area contributed by atoms with E-state index in [0.29, 0.717) is 5.69 Å². The van der Waals surface area contributed by atoms with Gasteiger partial charge in [-0.1, -0.05) is 5.21 Å². The second-order valence-electron chi connectivity index (χ2n) is 3.43. The summed E-state index contributed by atoms with van der Waals surface area (Å²) in [6, 6.07) is 0. The van der Waals surface area contributed by atoms with Crippen LogP contribution in [0.2, 0.25) is 0 Å². The molecule has 9 nitrogen and oxygen atoms in total. The summed E-state index contributed by atoms with van der Waals surface area (Å²) in [4.78, 5) is 10.4. The summed E-state index contributed by atoms with van der Waals surface area (Å²) in [5, 5.41) is 15.7. The van der Waals surface area contributed by atoms with Crippen molar-refractivity contribution in [3.05, 3.63) is 11.9 Å². The third kappa shape index (κ3) is 5.21. The first-order valence-electron chi connectivity index (χ1n) is 5.00. The van der Waals surface area contributed by atoms with Crippen molar-refractivity contribution in [1.29, 1.82) is 0 Å². The standard InChI is InChI=1S/C8H14N4O5S/c1-17-2-3-18(15,16)9-4-7-5-12(11-10-7)6-8(13)14/h5,9H,2-4,6H2,1H3,(H,13,14). The molecular weight excluding hydrogens is 264 g/mol. The number of nitrogens with one attached hydrogen (secondary N) is 1. The molecule has 0 aromatic carbocycles. The molecule has 1 rings (SSSR count). The van der Waals surface area contributed by atoms with Gasteiger partial charge in [0.15, 0.2) is 0 Å². The number of hydrogen-bond donors (Lipinski definition) is 2. The normalized spacial score (nSPS) is 11.6. The van der Waals surface area contributed by atoms with Crippen LogP contribution in [0.3, 0.4) is 0 Å². The predicted octanol–water partition coefficient (Wildman–Crippen LogP) is -1.57. The first kappa shape index (κ1) is 14.5. The van der Waals surface area contributed by atoms with Crippen LogP contribution >= 0.6 is 0 Å². The van der Waals surface area contributed by atoms with Crippen LogP contribution < -0.4 is 4.72 Å². The van der Waals surface area contributed by atoms with Crippen LogP contribution in [-0.2, 0) is 32.6 Å². The Morgan fingerprint density at radius 2 is 2.33 bits per heavy atom. The topological polar surface area (TPSA) is 123 Å². The monoisotopic (exact) mass is 278 g/mol. The largest absolute Gasteiger partial charge is 0.480 e. The molecule has 0 unspecified atom stereocenters. The van der Waals surface area contributed by atoms with Crippen molar-refractivity contribution in [1.82, 2.24) is 19.7 Å². The number of carbonyl (C=O) groups is 1. The number of rotatable bonds is 8. The zero-order chi connectivity index (χ0) is 13.6. The van der Waals surface area contributed by atoms with Gasteiger partial charge in [0.05, 0.1) is 30.8 Å². The molecular formula is C8H14N4O5S. The highest BCUT2D eigenvalue weighted by Gasteiger charge is 2.11. The van der Waals surface area contributed by atoms with Gasteiger partial charge >= 0.3 is 5.97 Å². The lowest BCUT2D eigenvalue weighted by Crippen LogP contribution is -2.27. The Labute approximate surface area is 104 Å². The highest BCUT2D eigenvalue weighted by Crippen LogP contribution is 1.95. The SMILES string of the molecule is COCCS(=O)(=O)NCc1cn(CC(=O)O)nn1. The maximum atomic E-state index is 11.4. The van der Waals surface area contributed by atoms with E-state index >= 15 is 0 Å². The Bertz CT molecular complexity index is 497. The summed E-state index contributed by atoms with van der Waals surface area (Å²) >= 11 is 0. The number of nitrogens with zero attached hydrogens (tertiary/aromatic N) is 3. The summed E-state index contributed by atoms with van der Waals surface area (Å²) in [7, 11) is -2.01. The van der Waals surface area contributed by atoms with Crippen LogP contribution in [-0.4, -0.2) is 54.0 Å². The first-order chi connectivity index (χ1) is 8.43. The van der Waals surface area contributed by atoms with Gasteiger partial charge in [-0.3, -0.25) is 4.79 Å². The lowest BCUT2D eigenvalue weighted by Gasteiger charge is -2.03. The molecule has 0 spiro atoms. The molecule has 2 N–H and O–H groups in total. The summed E-state index contributed by atoms with van der Waals surface area (Å²) in [6.07, 6.45) is 1.37. The van der Waals surface area contributed by atoms with Gasteiger partial charge in [-0.2, -0.15) is 0 Å². The first-order valence-corrected chi connectivity index (χ1v) is 6.65. The fourth-order valence-electron chi connectivity index (χ4n) is 1.08. The van der Waals surface area contributed by atoms with E-state index in [9.17, 15) is 13.2 Å². The predicted molar refractivity (Wildman–Crippen MR) is 60.2 cm³/mol. The van der Waals surface area contributed by atoms with E-state index in [1.54, 1.807) is 0 Å². The van der Waals surface area contributed by atoms with E-state index in [-0.39, 0.29) is 25.4 Å². The molecule has 0 radical (unpaired) electrons. The van der Waals surface area contributed by atoms with Crippen LogP contribution in [0.5, 0.6) is 0 Å². The second-order valence-corrected chi connectivity index (χ2v) is 5.36. The summed E-state index contributed by atoms with van der Waals surface area (Å²) in [5.41, 5.74) is 0.345. The molecule has 102 valence electrons. The molecule has 10 heteroatoms. The van der Waals surface area contributed by atoms with E-state index in [0.717, 1.165) is 4.68 Å². The van der Waals surface area contributed by atoms with Crippen molar-refractivity contribution in [2.75, 3.05) is 19.5 Å². The van der Waals surface area contributed by atoms with Crippen LogP contribution in [0.4, 0.5) is 0 Å². The molecule has 0 aliphatic heterocycles.